The lowest BCUT2D eigenvalue weighted by Crippen LogP contribution is -2.48. The van der Waals surface area contributed by atoms with Crippen molar-refractivity contribution in [2.45, 2.75) is 25.0 Å². The fourth-order valence-electron chi connectivity index (χ4n) is 4.04. The number of hydrogen-bond donors (Lipinski definition) is 1. The lowest BCUT2D eigenvalue weighted by atomic mass is 9.85. The first-order valence-electron chi connectivity index (χ1n) is 9.72. The molecule has 2 aromatic carbocycles. The number of para-hydroxylation sites is 1. The Morgan fingerprint density at radius 1 is 1.27 bits per heavy atom. The van der Waals surface area contributed by atoms with Crippen molar-refractivity contribution in [2.24, 2.45) is 0 Å². The molecule has 0 radical (unpaired) electrons. The van der Waals surface area contributed by atoms with Gasteiger partial charge in [-0.25, -0.2) is 0 Å². The molecule has 0 aromatic heterocycles. The van der Waals surface area contributed by atoms with E-state index in [4.69, 9.17) is 9.47 Å². The zero-order valence-corrected chi connectivity index (χ0v) is 17.6. The highest BCUT2D eigenvalue weighted by atomic mass is 32.2. The number of rotatable bonds is 5. The van der Waals surface area contributed by atoms with Crippen LogP contribution in [0.5, 0.6) is 11.5 Å². The van der Waals surface area contributed by atoms with E-state index in [1.807, 2.05) is 31.2 Å². The molecule has 0 saturated carbocycles. The molecule has 2 atom stereocenters. The smallest absolute Gasteiger partial charge is 0.231 e. The van der Waals surface area contributed by atoms with Crippen LogP contribution < -0.4 is 9.47 Å². The van der Waals surface area contributed by atoms with E-state index in [9.17, 15) is 15.2 Å². The maximum absolute atomic E-state index is 13.2. The van der Waals surface area contributed by atoms with Gasteiger partial charge >= 0.3 is 0 Å². The van der Waals surface area contributed by atoms with Crippen LogP contribution in [0.2, 0.25) is 0 Å². The topological polar surface area (TPSA) is 82.8 Å². The Morgan fingerprint density at radius 2 is 2.00 bits per heavy atom. The molecule has 1 saturated heterocycles. The van der Waals surface area contributed by atoms with E-state index >= 15 is 0 Å². The number of methoxy groups -OCH3 is 1. The molecule has 2 aromatic rings. The van der Waals surface area contributed by atoms with E-state index in [-0.39, 0.29) is 18.1 Å². The second-order valence-electron chi connectivity index (χ2n) is 7.12. The molecule has 7 heteroatoms. The average Bonchev–Trinajstić information content (AvgIpc) is 3.13. The largest absolute Gasteiger partial charge is 0.496 e. The Hall–Kier alpha value is -2.95. The summed E-state index contributed by atoms with van der Waals surface area (Å²) in [5, 5.41) is 22.0. The molecule has 2 aliphatic rings. The number of fused-ring (bicyclic) bond motifs is 1. The minimum absolute atomic E-state index is 0.0899. The van der Waals surface area contributed by atoms with Gasteiger partial charge in [0.2, 0.25) is 5.91 Å². The van der Waals surface area contributed by atoms with E-state index in [0.717, 1.165) is 5.56 Å². The number of aliphatic hydroxyl groups is 1. The summed E-state index contributed by atoms with van der Waals surface area (Å²) in [4.78, 5) is 14.6. The highest BCUT2D eigenvalue weighted by Gasteiger charge is 2.52. The average molecular weight is 423 g/mol. The number of nitrogens with zero attached hydrogens (tertiary/aromatic N) is 2. The first kappa shape index (κ1) is 20.3. The van der Waals surface area contributed by atoms with Crippen molar-refractivity contribution in [1.82, 2.24) is 4.90 Å². The Morgan fingerprint density at radius 3 is 2.67 bits per heavy atom. The molecule has 1 fully saturated rings. The van der Waals surface area contributed by atoms with Gasteiger partial charge < -0.3 is 14.6 Å². The third-order valence-electron chi connectivity index (χ3n) is 5.45. The van der Waals surface area contributed by atoms with Crippen molar-refractivity contribution in [3.8, 4) is 17.6 Å². The SMILES string of the molecule is CCOc1ccc(C2(O)CSC3=C(C#N)C(c4ccccc4OC)CC(=O)N32)cc1. The number of carbonyl (C=O) groups is 1. The molecule has 1 amide bonds. The van der Waals surface area contributed by atoms with Crippen molar-refractivity contribution >= 4 is 17.7 Å². The fraction of sp³-hybridized carbons (Fsp3) is 0.304. The maximum atomic E-state index is 13.2. The minimum Gasteiger partial charge on any atom is -0.496 e. The van der Waals surface area contributed by atoms with Gasteiger partial charge in [-0.1, -0.05) is 30.3 Å². The van der Waals surface area contributed by atoms with Crippen molar-refractivity contribution < 1.29 is 19.4 Å². The Balaban J connectivity index is 1.76. The van der Waals surface area contributed by atoms with Gasteiger partial charge in [0.1, 0.15) is 11.5 Å². The van der Waals surface area contributed by atoms with Crippen LogP contribution in [-0.4, -0.2) is 35.4 Å². The first-order chi connectivity index (χ1) is 14.5. The van der Waals surface area contributed by atoms with Crippen LogP contribution >= 0.6 is 11.8 Å². The molecule has 1 N–H and O–H groups in total. The summed E-state index contributed by atoms with van der Waals surface area (Å²) in [6.45, 7) is 2.45. The highest BCUT2D eigenvalue weighted by molar-refractivity contribution is 8.03. The van der Waals surface area contributed by atoms with Crippen LogP contribution in [0, 0.1) is 11.3 Å². The zero-order valence-electron chi connectivity index (χ0n) is 16.8. The number of hydrogen-bond acceptors (Lipinski definition) is 6. The van der Waals surface area contributed by atoms with Gasteiger partial charge in [0, 0.05) is 23.5 Å². The molecule has 2 aliphatic heterocycles. The number of ether oxygens (including phenoxy) is 2. The van der Waals surface area contributed by atoms with E-state index in [1.54, 1.807) is 31.4 Å². The number of amides is 1. The molecular formula is C23H22N2O4S. The molecule has 2 heterocycles. The lowest BCUT2D eigenvalue weighted by molar-refractivity contribution is -0.149. The number of nitriles is 1. The fourth-order valence-corrected chi connectivity index (χ4v) is 5.40. The summed E-state index contributed by atoms with van der Waals surface area (Å²) < 4.78 is 10.9. The Labute approximate surface area is 179 Å². The third-order valence-corrected chi connectivity index (χ3v) is 6.68. The monoisotopic (exact) mass is 422 g/mol. The number of thioether (sulfide) groups is 1. The summed E-state index contributed by atoms with van der Waals surface area (Å²) in [7, 11) is 1.57. The number of benzene rings is 2. The molecule has 30 heavy (non-hydrogen) atoms. The van der Waals surface area contributed by atoms with Crippen LogP contribution in [0.3, 0.4) is 0 Å². The second-order valence-corrected chi connectivity index (χ2v) is 8.09. The summed E-state index contributed by atoms with van der Waals surface area (Å²) in [5.74, 6) is 0.972. The molecule has 0 spiro atoms. The molecular weight excluding hydrogens is 400 g/mol. The predicted molar refractivity (Wildman–Crippen MR) is 114 cm³/mol. The molecule has 154 valence electrons. The third kappa shape index (κ3) is 3.22. The number of carbonyl (C=O) groups excluding carboxylic acids is 1. The predicted octanol–water partition coefficient (Wildman–Crippen LogP) is 3.74. The van der Waals surface area contributed by atoms with E-state index < -0.39 is 11.6 Å². The molecule has 6 nitrogen and oxygen atoms in total. The molecule has 0 aliphatic carbocycles. The van der Waals surface area contributed by atoms with Gasteiger partial charge in [-0.05, 0) is 25.1 Å². The first-order valence-corrected chi connectivity index (χ1v) is 10.7. The summed E-state index contributed by atoms with van der Waals surface area (Å²) in [6, 6.07) is 16.8. The van der Waals surface area contributed by atoms with Gasteiger partial charge in [0.15, 0.2) is 5.72 Å². The number of allylic oxidation sites excluding steroid dienone is 1. The van der Waals surface area contributed by atoms with Crippen molar-refractivity contribution in [1.29, 1.82) is 5.26 Å². The summed E-state index contributed by atoms with van der Waals surface area (Å²) in [6.07, 6.45) is 0.0899. The van der Waals surface area contributed by atoms with E-state index in [0.29, 0.717) is 34.3 Å². The van der Waals surface area contributed by atoms with Gasteiger partial charge in [-0.3, -0.25) is 9.69 Å². The molecule has 4 rings (SSSR count). The van der Waals surface area contributed by atoms with Crippen molar-refractivity contribution in [2.75, 3.05) is 19.5 Å². The van der Waals surface area contributed by atoms with Crippen molar-refractivity contribution in [3.05, 3.63) is 70.3 Å². The summed E-state index contributed by atoms with van der Waals surface area (Å²) in [5.41, 5.74) is 0.366. The Bertz CT molecular complexity index is 1040. The van der Waals surface area contributed by atoms with Gasteiger partial charge in [0.25, 0.3) is 0 Å². The normalized spacial score (nSPS) is 23.2. The van der Waals surface area contributed by atoms with Gasteiger partial charge in [-0.15, -0.1) is 11.8 Å². The second kappa shape index (κ2) is 8.05. The van der Waals surface area contributed by atoms with Crippen LogP contribution in [0.25, 0.3) is 0 Å². The lowest BCUT2D eigenvalue weighted by Gasteiger charge is -2.38. The summed E-state index contributed by atoms with van der Waals surface area (Å²) >= 11 is 1.33. The van der Waals surface area contributed by atoms with Crippen LogP contribution in [0.4, 0.5) is 0 Å². The maximum Gasteiger partial charge on any atom is 0.231 e. The van der Waals surface area contributed by atoms with E-state index in [1.165, 1.54) is 16.7 Å². The van der Waals surface area contributed by atoms with Gasteiger partial charge in [-0.2, -0.15) is 5.26 Å². The minimum atomic E-state index is -1.50. The molecule has 2 unspecified atom stereocenters. The van der Waals surface area contributed by atoms with Crippen LogP contribution in [-0.2, 0) is 10.5 Å². The van der Waals surface area contributed by atoms with E-state index in [2.05, 4.69) is 6.07 Å². The van der Waals surface area contributed by atoms with Crippen molar-refractivity contribution in [3.63, 3.8) is 0 Å². The quantitative estimate of drug-likeness (QED) is 0.790. The highest BCUT2D eigenvalue weighted by Crippen LogP contribution is 2.52. The van der Waals surface area contributed by atoms with Gasteiger partial charge in [0.05, 0.1) is 36.1 Å². The van der Waals surface area contributed by atoms with Crippen LogP contribution in [0.1, 0.15) is 30.4 Å². The zero-order chi connectivity index (χ0) is 21.3. The molecule has 0 bridgehead atoms. The standard InChI is InChI=1S/C23H22N2O4S/c1-3-29-16-10-8-15(9-11-16)23(27)14-30-22-19(13-24)18(12-21(26)25(22)23)17-6-4-5-7-20(17)28-2/h4-11,18,27H,3,12,14H2,1-2H3. The Kier molecular flexibility index (Phi) is 5.46. The van der Waals surface area contributed by atoms with Crippen LogP contribution in [0.15, 0.2) is 59.1 Å².